The molecule has 0 saturated carbocycles. The molecule has 0 atom stereocenters. The van der Waals surface area contributed by atoms with Crippen molar-refractivity contribution in [1.29, 1.82) is 0 Å². The average Bonchev–Trinajstić information content (AvgIpc) is 3.09. The lowest BCUT2D eigenvalue weighted by atomic mass is 10.1. The van der Waals surface area contributed by atoms with Gasteiger partial charge in [-0.3, -0.25) is 4.79 Å². The highest BCUT2D eigenvalue weighted by atomic mass is 35.5. The summed E-state index contributed by atoms with van der Waals surface area (Å²) in [7, 11) is 0. The largest absolute Gasteiger partial charge is 0.485 e. The molecule has 7 nitrogen and oxygen atoms in total. The Labute approximate surface area is 143 Å². The van der Waals surface area contributed by atoms with Gasteiger partial charge in [0.05, 0.1) is 5.56 Å². The van der Waals surface area contributed by atoms with Crippen molar-refractivity contribution in [3.63, 3.8) is 0 Å². The van der Waals surface area contributed by atoms with Gasteiger partial charge < -0.3 is 10.1 Å². The number of tetrazole rings is 1. The number of hydrogen-bond acceptors (Lipinski definition) is 5. The molecule has 8 heteroatoms. The molecule has 24 heavy (non-hydrogen) atoms. The molecular weight excluding hydrogens is 330 g/mol. The maximum absolute atomic E-state index is 12.5. The Morgan fingerprint density at radius 1 is 1.25 bits per heavy atom. The molecule has 0 fully saturated rings. The van der Waals surface area contributed by atoms with Crippen LogP contribution in [-0.4, -0.2) is 26.5 Å². The van der Waals surface area contributed by atoms with Gasteiger partial charge in [0.1, 0.15) is 5.75 Å². The normalized spacial score (nSPS) is 10.4. The van der Waals surface area contributed by atoms with Gasteiger partial charge in [-0.1, -0.05) is 34.5 Å². The van der Waals surface area contributed by atoms with Crippen molar-refractivity contribution in [2.45, 2.75) is 13.5 Å². The van der Waals surface area contributed by atoms with E-state index in [0.717, 1.165) is 5.56 Å². The number of H-pyrrole nitrogens is 1. The molecule has 1 amide bonds. The Morgan fingerprint density at radius 2 is 2.04 bits per heavy atom. The second kappa shape index (κ2) is 7.10. The molecule has 3 aromatic rings. The number of rotatable bonds is 5. The molecule has 2 N–H and O–H groups in total. The van der Waals surface area contributed by atoms with E-state index in [-0.39, 0.29) is 12.5 Å². The van der Waals surface area contributed by atoms with Crippen molar-refractivity contribution in [2.24, 2.45) is 0 Å². The number of anilines is 1. The SMILES string of the molecule is Cc1ccc(NC(=O)c2cc(Cl)ccc2OCc2nn[nH]n2)cc1. The van der Waals surface area contributed by atoms with Crippen LogP contribution < -0.4 is 10.1 Å². The number of benzene rings is 2. The fraction of sp³-hybridized carbons (Fsp3) is 0.125. The maximum atomic E-state index is 12.5. The number of ether oxygens (including phenoxy) is 1. The number of aromatic amines is 1. The summed E-state index contributed by atoms with van der Waals surface area (Å²) in [6.07, 6.45) is 0. The third-order valence-corrected chi connectivity index (χ3v) is 3.48. The zero-order valence-electron chi connectivity index (χ0n) is 12.8. The lowest BCUT2D eigenvalue weighted by Gasteiger charge is -2.11. The predicted molar refractivity (Wildman–Crippen MR) is 89.1 cm³/mol. The molecule has 1 aromatic heterocycles. The number of aromatic nitrogens is 4. The molecule has 122 valence electrons. The molecule has 0 aliphatic carbocycles. The number of halogens is 1. The standard InChI is InChI=1S/C16H14ClN5O2/c1-10-2-5-12(6-3-10)18-16(23)13-8-11(17)4-7-14(13)24-9-15-19-21-22-20-15/h2-8H,9H2,1H3,(H,18,23)(H,19,20,21,22). The fourth-order valence-corrected chi connectivity index (χ4v) is 2.20. The summed E-state index contributed by atoms with van der Waals surface area (Å²) in [6, 6.07) is 12.3. The highest BCUT2D eigenvalue weighted by molar-refractivity contribution is 6.31. The molecule has 2 aromatic carbocycles. The van der Waals surface area contributed by atoms with Gasteiger partial charge in [-0.15, -0.1) is 10.2 Å². The smallest absolute Gasteiger partial charge is 0.259 e. The highest BCUT2D eigenvalue weighted by Crippen LogP contribution is 2.25. The van der Waals surface area contributed by atoms with Crippen LogP contribution in [0.2, 0.25) is 5.02 Å². The number of carbonyl (C=O) groups excluding carboxylic acids is 1. The Bertz CT molecular complexity index is 834. The van der Waals surface area contributed by atoms with Crippen LogP contribution in [0.1, 0.15) is 21.7 Å². The minimum Gasteiger partial charge on any atom is -0.485 e. The van der Waals surface area contributed by atoms with Crippen LogP contribution in [0.25, 0.3) is 0 Å². The van der Waals surface area contributed by atoms with Crippen LogP contribution in [0.4, 0.5) is 5.69 Å². The van der Waals surface area contributed by atoms with Crippen LogP contribution in [-0.2, 0) is 6.61 Å². The van der Waals surface area contributed by atoms with Gasteiger partial charge in [-0.05, 0) is 37.3 Å². The van der Waals surface area contributed by atoms with Crippen molar-refractivity contribution < 1.29 is 9.53 Å². The van der Waals surface area contributed by atoms with Crippen molar-refractivity contribution in [2.75, 3.05) is 5.32 Å². The zero-order chi connectivity index (χ0) is 16.9. The summed E-state index contributed by atoms with van der Waals surface area (Å²) in [6.45, 7) is 2.06. The fourth-order valence-electron chi connectivity index (χ4n) is 2.03. The highest BCUT2D eigenvalue weighted by Gasteiger charge is 2.14. The summed E-state index contributed by atoms with van der Waals surface area (Å²) in [4.78, 5) is 12.5. The molecule has 0 bridgehead atoms. The summed E-state index contributed by atoms with van der Waals surface area (Å²) >= 11 is 6.01. The monoisotopic (exact) mass is 343 g/mol. The second-order valence-corrected chi connectivity index (χ2v) is 5.51. The van der Waals surface area contributed by atoms with Crippen molar-refractivity contribution in [3.8, 4) is 5.75 Å². The molecular formula is C16H14ClN5O2. The Kier molecular flexibility index (Phi) is 4.72. The van der Waals surface area contributed by atoms with E-state index in [9.17, 15) is 4.79 Å². The Hall–Kier alpha value is -2.93. The van der Waals surface area contributed by atoms with Crippen molar-refractivity contribution in [1.82, 2.24) is 20.6 Å². The van der Waals surface area contributed by atoms with Gasteiger partial charge in [0.2, 0.25) is 5.82 Å². The van der Waals surface area contributed by atoms with E-state index in [1.54, 1.807) is 18.2 Å². The summed E-state index contributed by atoms with van der Waals surface area (Å²) in [5, 5.41) is 16.7. The van der Waals surface area contributed by atoms with E-state index < -0.39 is 0 Å². The third-order valence-electron chi connectivity index (χ3n) is 3.24. The van der Waals surface area contributed by atoms with E-state index in [4.69, 9.17) is 16.3 Å². The van der Waals surface area contributed by atoms with E-state index in [0.29, 0.717) is 27.8 Å². The van der Waals surface area contributed by atoms with E-state index in [2.05, 4.69) is 25.9 Å². The quantitative estimate of drug-likeness (QED) is 0.742. The summed E-state index contributed by atoms with van der Waals surface area (Å²) in [5.74, 6) is 0.452. The second-order valence-electron chi connectivity index (χ2n) is 5.08. The van der Waals surface area contributed by atoms with E-state index in [1.165, 1.54) is 0 Å². The first-order valence-corrected chi connectivity index (χ1v) is 7.52. The van der Waals surface area contributed by atoms with Crippen LogP contribution in [0.3, 0.4) is 0 Å². The molecule has 0 aliphatic heterocycles. The molecule has 0 saturated heterocycles. The number of aryl methyl sites for hydroxylation is 1. The minimum atomic E-state index is -0.315. The van der Waals surface area contributed by atoms with E-state index >= 15 is 0 Å². The number of carbonyl (C=O) groups is 1. The number of amides is 1. The molecule has 0 radical (unpaired) electrons. The van der Waals surface area contributed by atoms with Crippen LogP contribution >= 0.6 is 11.6 Å². The van der Waals surface area contributed by atoms with Gasteiger partial charge in [0, 0.05) is 10.7 Å². The topological polar surface area (TPSA) is 92.8 Å². The van der Waals surface area contributed by atoms with Crippen molar-refractivity contribution >= 4 is 23.2 Å². The zero-order valence-corrected chi connectivity index (χ0v) is 13.5. The predicted octanol–water partition coefficient (Wildman–Crippen LogP) is 2.99. The lowest BCUT2D eigenvalue weighted by Crippen LogP contribution is -2.14. The molecule has 0 aliphatic rings. The van der Waals surface area contributed by atoms with Gasteiger partial charge in [-0.2, -0.15) is 5.21 Å². The number of hydrogen-bond donors (Lipinski definition) is 2. The number of nitrogens with one attached hydrogen (secondary N) is 2. The molecule has 0 spiro atoms. The van der Waals surface area contributed by atoms with Gasteiger partial charge in [0.15, 0.2) is 6.61 Å². The Balaban J connectivity index is 1.78. The van der Waals surface area contributed by atoms with Crippen LogP contribution in [0.5, 0.6) is 5.75 Å². The first-order valence-electron chi connectivity index (χ1n) is 7.14. The van der Waals surface area contributed by atoms with Crippen LogP contribution in [0, 0.1) is 6.92 Å². The van der Waals surface area contributed by atoms with Gasteiger partial charge in [-0.25, -0.2) is 0 Å². The summed E-state index contributed by atoms with van der Waals surface area (Å²) < 4.78 is 5.61. The Morgan fingerprint density at radius 3 is 2.75 bits per heavy atom. The minimum absolute atomic E-state index is 0.0863. The third kappa shape index (κ3) is 3.88. The van der Waals surface area contributed by atoms with Gasteiger partial charge in [0.25, 0.3) is 5.91 Å². The molecule has 0 unspecified atom stereocenters. The first-order chi connectivity index (χ1) is 11.6. The van der Waals surface area contributed by atoms with E-state index in [1.807, 2.05) is 31.2 Å². The van der Waals surface area contributed by atoms with Crippen LogP contribution in [0.15, 0.2) is 42.5 Å². The average molecular weight is 344 g/mol. The first kappa shape index (κ1) is 15.9. The van der Waals surface area contributed by atoms with Crippen molar-refractivity contribution in [3.05, 3.63) is 64.4 Å². The lowest BCUT2D eigenvalue weighted by molar-refractivity contribution is 0.102. The molecule has 3 rings (SSSR count). The van der Waals surface area contributed by atoms with Gasteiger partial charge >= 0.3 is 0 Å². The number of nitrogens with zero attached hydrogens (tertiary/aromatic N) is 3. The summed E-state index contributed by atoms with van der Waals surface area (Å²) in [5.41, 5.74) is 2.13. The maximum Gasteiger partial charge on any atom is 0.259 e. The molecule has 1 heterocycles.